The fourth-order valence-electron chi connectivity index (χ4n) is 2.34. The number of fused-ring (bicyclic) bond motifs is 1. The van der Waals surface area contributed by atoms with Crippen molar-refractivity contribution >= 4 is 11.9 Å². The molecule has 1 aromatic heterocycles. The second kappa shape index (κ2) is 4.79. The van der Waals surface area contributed by atoms with E-state index in [9.17, 15) is 0 Å². The van der Waals surface area contributed by atoms with Crippen molar-refractivity contribution in [1.82, 2.24) is 14.8 Å². The van der Waals surface area contributed by atoms with Crippen LogP contribution in [-0.2, 0) is 0 Å². The molecule has 2 aromatic rings. The number of benzene rings is 1. The predicted molar refractivity (Wildman–Crippen MR) is 73.8 cm³/mol. The molecule has 6 heteroatoms. The number of aromatic nitrogens is 3. The fraction of sp³-hybridized carbons (Fsp3) is 0.385. The van der Waals surface area contributed by atoms with Gasteiger partial charge < -0.3 is 15.4 Å². The normalized spacial score (nSPS) is 17.5. The summed E-state index contributed by atoms with van der Waals surface area (Å²) in [6, 6.07) is 8.34. The summed E-state index contributed by atoms with van der Waals surface area (Å²) in [5.41, 5.74) is 1.22. The molecule has 0 amide bonds. The minimum absolute atomic E-state index is 0.219. The number of nitrogens with zero attached hydrogens (tertiary/aromatic N) is 3. The molecule has 3 rings (SSSR count). The van der Waals surface area contributed by atoms with Crippen molar-refractivity contribution in [3.63, 3.8) is 0 Å². The van der Waals surface area contributed by atoms with E-state index in [1.54, 1.807) is 7.11 Å². The molecule has 0 aliphatic carbocycles. The summed E-state index contributed by atoms with van der Waals surface area (Å²) in [7, 11) is 3.50. The van der Waals surface area contributed by atoms with Gasteiger partial charge in [0.05, 0.1) is 13.2 Å². The zero-order valence-corrected chi connectivity index (χ0v) is 11.1. The van der Waals surface area contributed by atoms with Gasteiger partial charge in [0, 0.05) is 13.6 Å². The molecule has 2 heterocycles. The smallest absolute Gasteiger partial charge is 0.243 e. The highest BCUT2D eigenvalue weighted by atomic mass is 16.5. The van der Waals surface area contributed by atoms with E-state index in [0.29, 0.717) is 5.95 Å². The molecule has 0 fully saturated rings. The van der Waals surface area contributed by atoms with E-state index in [1.807, 2.05) is 23.9 Å². The summed E-state index contributed by atoms with van der Waals surface area (Å²) >= 11 is 0. The van der Waals surface area contributed by atoms with Crippen LogP contribution in [0.5, 0.6) is 5.75 Å². The lowest BCUT2D eigenvalue weighted by Gasteiger charge is -2.24. The van der Waals surface area contributed by atoms with Crippen molar-refractivity contribution in [3.05, 3.63) is 29.8 Å². The largest absolute Gasteiger partial charge is 0.497 e. The van der Waals surface area contributed by atoms with E-state index in [0.717, 1.165) is 24.7 Å². The van der Waals surface area contributed by atoms with Gasteiger partial charge in [0.1, 0.15) is 5.75 Å². The highest BCUT2D eigenvalue weighted by Gasteiger charge is 2.24. The molecule has 1 aromatic carbocycles. The Labute approximate surface area is 111 Å². The number of hydrogen-bond acceptors (Lipinski definition) is 5. The van der Waals surface area contributed by atoms with Crippen LogP contribution in [0.4, 0.5) is 11.9 Å². The highest BCUT2D eigenvalue weighted by Crippen LogP contribution is 2.29. The van der Waals surface area contributed by atoms with Crippen molar-refractivity contribution in [2.75, 3.05) is 31.3 Å². The maximum atomic E-state index is 5.19. The van der Waals surface area contributed by atoms with Crippen molar-refractivity contribution in [2.45, 2.75) is 12.5 Å². The Kier molecular flexibility index (Phi) is 2.98. The van der Waals surface area contributed by atoms with E-state index >= 15 is 0 Å². The third kappa shape index (κ3) is 2.09. The first kappa shape index (κ1) is 11.8. The van der Waals surface area contributed by atoms with Gasteiger partial charge in [-0.3, -0.25) is 0 Å². The molecule has 0 saturated carbocycles. The topological polar surface area (TPSA) is 64.0 Å². The molecule has 1 atom stereocenters. The number of anilines is 2. The molecule has 0 spiro atoms. The van der Waals surface area contributed by atoms with E-state index in [2.05, 4.69) is 32.8 Å². The monoisotopic (exact) mass is 259 g/mol. The molecular weight excluding hydrogens is 242 g/mol. The first-order valence-corrected chi connectivity index (χ1v) is 6.34. The average Bonchev–Trinajstić information content (AvgIpc) is 2.90. The van der Waals surface area contributed by atoms with Crippen molar-refractivity contribution < 1.29 is 4.74 Å². The van der Waals surface area contributed by atoms with E-state index < -0.39 is 0 Å². The first-order valence-electron chi connectivity index (χ1n) is 6.34. The van der Waals surface area contributed by atoms with Crippen LogP contribution in [-0.4, -0.2) is 35.5 Å². The third-order valence-electron chi connectivity index (χ3n) is 3.35. The maximum absolute atomic E-state index is 5.19. The SMILES string of the molecule is CNc1nc2n(n1)C(c1ccc(OC)cc1)CCN2. The van der Waals surface area contributed by atoms with Crippen LogP contribution in [0.2, 0.25) is 0 Å². The summed E-state index contributed by atoms with van der Waals surface area (Å²) in [5, 5.41) is 10.7. The fourth-order valence-corrected chi connectivity index (χ4v) is 2.34. The lowest BCUT2D eigenvalue weighted by atomic mass is 10.0. The number of hydrogen-bond donors (Lipinski definition) is 2. The molecule has 1 aliphatic heterocycles. The van der Waals surface area contributed by atoms with E-state index in [1.165, 1.54) is 5.56 Å². The zero-order chi connectivity index (χ0) is 13.2. The van der Waals surface area contributed by atoms with Gasteiger partial charge >= 0.3 is 0 Å². The van der Waals surface area contributed by atoms with Gasteiger partial charge in [0.15, 0.2) is 0 Å². The molecule has 19 heavy (non-hydrogen) atoms. The van der Waals surface area contributed by atoms with Gasteiger partial charge in [-0.2, -0.15) is 4.98 Å². The van der Waals surface area contributed by atoms with E-state index in [-0.39, 0.29) is 6.04 Å². The molecule has 1 aliphatic rings. The molecule has 0 bridgehead atoms. The van der Waals surface area contributed by atoms with Gasteiger partial charge in [0.2, 0.25) is 11.9 Å². The summed E-state index contributed by atoms with van der Waals surface area (Å²) < 4.78 is 7.13. The maximum Gasteiger partial charge on any atom is 0.243 e. The number of ether oxygens (including phenoxy) is 1. The Morgan fingerprint density at radius 2 is 2.16 bits per heavy atom. The minimum atomic E-state index is 0.219. The third-order valence-corrected chi connectivity index (χ3v) is 3.35. The van der Waals surface area contributed by atoms with Crippen LogP contribution in [0.15, 0.2) is 24.3 Å². The van der Waals surface area contributed by atoms with Crippen LogP contribution in [0.1, 0.15) is 18.0 Å². The summed E-state index contributed by atoms with van der Waals surface area (Å²) in [6.07, 6.45) is 0.992. The molecule has 100 valence electrons. The number of nitrogens with one attached hydrogen (secondary N) is 2. The van der Waals surface area contributed by atoms with Gasteiger partial charge in [0.25, 0.3) is 0 Å². The van der Waals surface area contributed by atoms with Crippen molar-refractivity contribution in [2.24, 2.45) is 0 Å². The molecule has 2 N–H and O–H groups in total. The Bertz CT molecular complexity index is 563. The number of rotatable bonds is 3. The summed E-state index contributed by atoms with van der Waals surface area (Å²) in [5.74, 6) is 2.33. The quantitative estimate of drug-likeness (QED) is 0.879. The minimum Gasteiger partial charge on any atom is -0.497 e. The predicted octanol–water partition coefficient (Wildman–Crippen LogP) is 1.73. The summed E-state index contributed by atoms with van der Waals surface area (Å²) in [4.78, 5) is 4.38. The van der Waals surface area contributed by atoms with Crippen LogP contribution in [0.3, 0.4) is 0 Å². The second-order valence-electron chi connectivity index (χ2n) is 4.46. The molecule has 6 nitrogen and oxygen atoms in total. The number of methoxy groups -OCH3 is 1. The molecule has 0 saturated heterocycles. The Morgan fingerprint density at radius 3 is 2.84 bits per heavy atom. The van der Waals surface area contributed by atoms with Crippen molar-refractivity contribution in [3.8, 4) is 5.75 Å². The highest BCUT2D eigenvalue weighted by molar-refractivity contribution is 5.39. The van der Waals surface area contributed by atoms with Crippen molar-refractivity contribution in [1.29, 1.82) is 0 Å². The zero-order valence-electron chi connectivity index (χ0n) is 11.1. The van der Waals surface area contributed by atoms with Gasteiger partial charge in [-0.1, -0.05) is 12.1 Å². The van der Waals surface area contributed by atoms with Crippen LogP contribution < -0.4 is 15.4 Å². The molecular formula is C13H17N5O. The van der Waals surface area contributed by atoms with Gasteiger partial charge in [-0.15, -0.1) is 5.10 Å². The lowest BCUT2D eigenvalue weighted by Crippen LogP contribution is -2.24. The summed E-state index contributed by atoms with van der Waals surface area (Å²) in [6.45, 7) is 0.901. The van der Waals surface area contributed by atoms with Crippen LogP contribution >= 0.6 is 0 Å². The molecule has 1 unspecified atom stereocenters. The average molecular weight is 259 g/mol. The first-order chi connectivity index (χ1) is 9.31. The molecule has 0 radical (unpaired) electrons. The van der Waals surface area contributed by atoms with Gasteiger partial charge in [-0.05, 0) is 24.1 Å². The Morgan fingerprint density at radius 1 is 1.37 bits per heavy atom. The standard InChI is InChI=1S/C13H17N5O/c1-14-12-16-13-15-8-7-11(18(13)17-12)9-3-5-10(19-2)6-4-9/h3-6,11H,7-8H2,1-2H3,(H2,14,15,16,17). The van der Waals surface area contributed by atoms with Crippen LogP contribution in [0, 0.1) is 0 Å². The second-order valence-corrected chi connectivity index (χ2v) is 4.46. The van der Waals surface area contributed by atoms with Gasteiger partial charge in [-0.25, -0.2) is 4.68 Å². The Hall–Kier alpha value is -2.24. The van der Waals surface area contributed by atoms with E-state index in [4.69, 9.17) is 4.74 Å². The lowest BCUT2D eigenvalue weighted by molar-refractivity contribution is 0.413. The Balaban J connectivity index is 1.95. The van der Waals surface area contributed by atoms with Crippen LogP contribution in [0.25, 0.3) is 0 Å².